The van der Waals surface area contributed by atoms with Gasteiger partial charge in [-0.25, -0.2) is 0 Å². The fraction of sp³-hybridized carbons (Fsp3) is 0.421. The molecule has 3 N–H and O–H groups in total. The number of nitrogens with one attached hydrogen (secondary N) is 3. The molecule has 0 saturated heterocycles. The molecule has 146 valence electrons. The lowest BCUT2D eigenvalue weighted by Gasteiger charge is -2.24. The maximum atomic E-state index is 12.6. The molecule has 7 nitrogen and oxygen atoms in total. The Bertz CT molecular complexity index is 831. The van der Waals surface area contributed by atoms with Gasteiger partial charge in [0.2, 0.25) is 5.91 Å². The molecular weight excluding hydrogens is 366 g/mol. The van der Waals surface area contributed by atoms with E-state index in [1.54, 1.807) is 49.4 Å². The second-order valence-electron chi connectivity index (χ2n) is 7.04. The lowest BCUT2D eigenvalue weighted by Crippen LogP contribution is -2.42. The zero-order chi connectivity index (χ0) is 20.2. The van der Waals surface area contributed by atoms with E-state index < -0.39 is 6.04 Å². The van der Waals surface area contributed by atoms with Gasteiger partial charge in [0.15, 0.2) is 0 Å². The van der Waals surface area contributed by atoms with Crippen molar-refractivity contribution >= 4 is 29.1 Å². The van der Waals surface area contributed by atoms with Gasteiger partial charge in [-0.2, -0.15) is 5.10 Å². The zero-order valence-electron chi connectivity index (χ0n) is 16.3. The summed E-state index contributed by atoms with van der Waals surface area (Å²) in [6.45, 7) is 5.90. The number of hydrogen-bond donors (Lipinski definition) is 3. The summed E-state index contributed by atoms with van der Waals surface area (Å²) in [7, 11) is 3.49. The Morgan fingerprint density at radius 2 is 2.04 bits per heavy atom. The molecule has 1 heterocycles. The van der Waals surface area contributed by atoms with Gasteiger partial charge >= 0.3 is 0 Å². The minimum atomic E-state index is -0.550. The molecule has 0 saturated carbocycles. The molecule has 27 heavy (non-hydrogen) atoms. The average molecular weight is 392 g/mol. The van der Waals surface area contributed by atoms with Gasteiger partial charge in [-0.3, -0.25) is 14.3 Å². The fourth-order valence-electron chi connectivity index (χ4n) is 2.49. The quantitative estimate of drug-likeness (QED) is 0.677. The highest BCUT2D eigenvalue weighted by molar-refractivity contribution is 6.34. The second-order valence-corrected chi connectivity index (χ2v) is 7.45. The van der Waals surface area contributed by atoms with E-state index in [0.29, 0.717) is 11.3 Å². The van der Waals surface area contributed by atoms with Gasteiger partial charge in [-0.1, -0.05) is 18.5 Å². The van der Waals surface area contributed by atoms with Crippen molar-refractivity contribution < 1.29 is 9.59 Å². The number of benzene rings is 1. The lowest BCUT2D eigenvalue weighted by molar-refractivity contribution is -0.118. The maximum absolute atomic E-state index is 12.6. The summed E-state index contributed by atoms with van der Waals surface area (Å²) < 4.78 is 1.63. The van der Waals surface area contributed by atoms with Gasteiger partial charge in [0, 0.05) is 30.0 Å². The van der Waals surface area contributed by atoms with Crippen LogP contribution < -0.4 is 16.0 Å². The summed E-state index contributed by atoms with van der Waals surface area (Å²) in [6.07, 6.45) is 4.21. The van der Waals surface area contributed by atoms with Crippen molar-refractivity contribution in [1.29, 1.82) is 0 Å². The number of halogens is 1. The third-order valence-electron chi connectivity index (χ3n) is 4.43. The number of aryl methyl sites for hydroxylation is 1. The summed E-state index contributed by atoms with van der Waals surface area (Å²) in [5.41, 5.74) is 1.31. The van der Waals surface area contributed by atoms with Crippen LogP contribution in [0, 0.1) is 0 Å². The number of rotatable bonds is 7. The zero-order valence-corrected chi connectivity index (χ0v) is 17.0. The molecule has 2 amide bonds. The SMILES string of the molecule is CCC(C)(C)NC(=O)c1ccc(NC(=O)C(NC)c2cnn(C)c2)cc1Cl. The summed E-state index contributed by atoms with van der Waals surface area (Å²) >= 11 is 6.27. The van der Waals surface area contributed by atoms with Crippen LogP contribution in [0.3, 0.4) is 0 Å². The minimum Gasteiger partial charge on any atom is -0.347 e. The third kappa shape index (κ3) is 5.30. The van der Waals surface area contributed by atoms with Crippen LogP contribution >= 0.6 is 11.6 Å². The van der Waals surface area contributed by atoms with E-state index in [4.69, 9.17) is 11.6 Å². The molecule has 0 fully saturated rings. The molecule has 2 aromatic rings. The van der Waals surface area contributed by atoms with Crippen LogP contribution in [0.1, 0.15) is 49.2 Å². The summed E-state index contributed by atoms with van der Waals surface area (Å²) in [5.74, 6) is -0.487. The lowest BCUT2D eigenvalue weighted by atomic mass is 10.0. The smallest absolute Gasteiger partial charge is 0.253 e. The molecular formula is C19H26ClN5O2. The minimum absolute atomic E-state index is 0.242. The van der Waals surface area contributed by atoms with Crippen molar-refractivity contribution in [1.82, 2.24) is 20.4 Å². The molecule has 2 rings (SSSR count). The van der Waals surface area contributed by atoms with Crippen LogP contribution in [-0.4, -0.2) is 34.2 Å². The largest absolute Gasteiger partial charge is 0.347 e. The van der Waals surface area contributed by atoms with E-state index in [-0.39, 0.29) is 22.4 Å². The first-order valence-corrected chi connectivity index (χ1v) is 9.13. The van der Waals surface area contributed by atoms with E-state index in [9.17, 15) is 9.59 Å². The molecule has 0 bridgehead atoms. The van der Waals surface area contributed by atoms with Gasteiger partial charge < -0.3 is 16.0 Å². The first-order chi connectivity index (χ1) is 12.7. The second kappa shape index (κ2) is 8.54. The van der Waals surface area contributed by atoms with Crippen LogP contribution in [0.5, 0.6) is 0 Å². The number of nitrogens with zero attached hydrogens (tertiary/aromatic N) is 2. The van der Waals surface area contributed by atoms with Gasteiger partial charge in [0.05, 0.1) is 16.8 Å². The normalized spacial score (nSPS) is 12.5. The highest BCUT2D eigenvalue weighted by atomic mass is 35.5. The van der Waals surface area contributed by atoms with Crippen LogP contribution in [0.15, 0.2) is 30.6 Å². The third-order valence-corrected chi connectivity index (χ3v) is 4.74. The Kier molecular flexibility index (Phi) is 6.62. The number of carbonyl (C=O) groups is 2. The Morgan fingerprint density at radius 1 is 1.33 bits per heavy atom. The highest BCUT2D eigenvalue weighted by Gasteiger charge is 2.22. The van der Waals surface area contributed by atoms with E-state index in [0.717, 1.165) is 12.0 Å². The van der Waals surface area contributed by atoms with Crippen LogP contribution in [0.4, 0.5) is 5.69 Å². The van der Waals surface area contributed by atoms with Gasteiger partial charge in [-0.05, 0) is 45.5 Å². The number of likely N-dealkylation sites (N-methyl/N-ethyl adjacent to an activating group) is 1. The van der Waals surface area contributed by atoms with Crippen molar-refractivity contribution in [3.63, 3.8) is 0 Å². The van der Waals surface area contributed by atoms with E-state index in [1.807, 2.05) is 20.8 Å². The molecule has 1 aromatic heterocycles. The van der Waals surface area contributed by atoms with Crippen LogP contribution in [0.2, 0.25) is 5.02 Å². The first kappa shape index (κ1) is 20.9. The van der Waals surface area contributed by atoms with Gasteiger partial charge in [-0.15, -0.1) is 0 Å². The van der Waals surface area contributed by atoms with Crippen molar-refractivity contribution in [3.8, 4) is 0 Å². The van der Waals surface area contributed by atoms with Crippen LogP contribution in [-0.2, 0) is 11.8 Å². The highest BCUT2D eigenvalue weighted by Crippen LogP contribution is 2.23. The summed E-state index contributed by atoms with van der Waals surface area (Å²) in [4.78, 5) is 25.0. The molecule has 0 spiro atoms. The Morgan fingerprint density at radius 3 is 2.56 bits per heavy atom. The molecule has 0 radical (unpaired) electrons. The number of hydrogen-bond acceptors (Lipinski definition) is 4. The Labute approximate surface area is 164 Å². The molecule has 1 unspecified atom stereocenters. The predicted octanol–water partition coefficient (Wildman–Crippen LogP) is 2.89. The number of anilines is 1. The topological polar surface area (TPSA) is 88.1 Å². The summed E-state index contributed by atoms with van der Waals surface area (Å²) in [6, 6.07) is 4.29. The van der Waals surface area contributed by atoms with E-state index in [1.165, 1.54) is 0 Å². The molecule has 0 aliphatic heterocycles. The first-order valence-electron chi connectivity index (χ1n) is 8.75. The number of aromatic nitrogens is 2. The van der Waals surface area contributed by atoms with E-state index in [2.05, 4.69) is 21.0 Å². The number of carbonyl (C=O) groups excluding carboxylic acids is 2. The molecule has 1 aromatic carbocycles. The van der Waals surface area contributed by atoms with Gasteiger partial charge in [0.25, 0.3) is 5.91 Å². The average Bonchev–Trinajstić information content (AvgIpc) is 3.01. The van der Waals surface area contributed by atoms with E-state index >= 15 is 0 Å². The fourth-order valence-corrected chi connectivity index (χ4v) is 2.76. The summed E-state index contributed by atoms with van der Waals surface area (Å²) in [5, 5.41) is 13.1. The monoisotopic (exact) mass is 391 g/mol. The van der Waals surface area contributed by atoms with Crippen molar-refractivity contribution in [3.05, 3.63) is 46.7 Å². The Balaban J connectivity index is 2.13. The Hall–Kier alpha value is -2.38. The molecule has 0 aliphatic carbocycles. The standard InChI is InChI=1S/C19H26ClN5O2/c1-6-19(2,3)24-17(26)14-8-7-13(9-15(14)20)23-18(27)16(21-4)12-10-22-25(5)11-12/h7-11,16,21H,6H2,1-5H3,(H,23,27)(H,24,26). The number of amides is 2. The maximum Gasteiger partial charge on any atom is 0.253 e. The van der Waals surface area contributed by atoms with Gasteiger partial charge in [0.1, 0.15) is 6.04 Å². The molecule has 8 heteroatoms. The molecule has 0 aliphatic rings. The van der Waals surface area contributed by atoms with Crippen LogP contribution in [0.25, 0.3) is 0 Å². The van der Waals surface area contributed by atoms with Crippen molar-refractivity contribution in [2.24, 2.45) is 7.05 Å². The molecule has 1 atom stereocenters. The predicted molar refractivity (Wildman–Crippen MR) is 107 cm³/mol. The van der Waals surface area contributed by atoms with Crippen molar-refractivity contribution in [2.75, 3.05) is 12.4 Å². The van der Waals surface area contributed by atoms with Crippen molar-refractivity contribution in [2.45, 2.75) is 38.8 Å².